The second-order valence-corrected chi connectivity index (χ2v) is 6.35. The molecule has 1 aliphatic heterocycles. The number of piperidine rings is 1. The Kier molecular flexibility index (Phi) is 3.04. The quantitative estimate of drug-likeness (QED) is 0.877. The van der Waals surface area contributed by atoms with Gasteiger partial charge in [0.15, 0.2) is 0 Å². The molecule has 1 spiro atoms. The van der Waals surface area contributed by atoms with Crippen LogP contribution in [0.25, 0.3) is 0 Å². The molecule has 1 aromatic heterocycles. The van der Waals surface area contributed by atoms with Crippen molar-refractivity contribution in [3.63, 3.8) is 0 Å². The first-order valence-corrected chi connectivity index (χ1v) is 7.34. The molecule has 0 amide bonds. The van der Waals surface area contributed by atoms with Gasteiger partial charge in [-0.25, -0.2) is 0 Å². The second kappa shape index (κ2) is 4.53. The van der Waals surface area contributed by atoms with Crippen LogP contribution in [0.5, 0.6) is 0 Å². The molecule has 1 aromatic rings. The van der Waals surface area contributed by atoms with Crippen molar-refractivity contribution in [1.82, 2.24) is 14.5 Å². The number of hydrogen-bond acceptors (Lipinski definition) is 5. The summed E-state index contributed by atoms with van der Waals surface area (Å²) in [4.78, 5) is 2.48. The van der Waals surface area contributed by atoms with Crippen molar-refractivity contribution in [2.75, 3.05) is 18.8 Å². The van der Waals surface area contributed by atoms with Gasteiger partial charge in [0.25, 0.3) is 0 Å². The van der Waals surface area contributed by atoms with Gasteiger partial charge in [0, 0.05) is 18.1 Å². The molecule has 1 saturated heterocycles. The predicted molar refractivity (Wildman–Crippen MR) is 69.7 cm³/mol. The van der Waals surface area contributed by atoms with E-state index in [4.69, 9.17) is 5.73 Å². The summed E-state index contributed by atoms with van der Waals surface area (Å²) in [5.41, 5.74) is 7.51. The summed E-state index contributed by atoms with van der Waals surface area (Å²) < 4.78 is 3.90. The van der Waals surface area contributed by atoms with E-state index in [1.165, 1.54) is 63.1 Å². The average molecular weight is 252 g/mol. The number of nitrogen functional groups attached to an aromatic ring is 1. The van der Waals surface area contributed by atoms with Gasteiger partial charge in [-0.3, -0.25) is 4.90 Å². The monoisotopic (exact) mass is 252 g/mol. The minimum Gasteiger partial charge on any atom is -0.388 e. The number of rotatable bonds is 2. The highest BCUT2D eigenvalue weighted by atomic mass is 32.1. The number of likely N-dealkylation sites (tertiary alicyclic amines) is 1. The summed E-state index contributed by atoms with van der Waals surface area (Å²) in [6.07, 6.45) is 8.54. The van der Waals surface area contributed by atoms with Gasteiger partial charge in [-0.15, -0.1) is 5.10 Å². The summed E-state index contributed by atoms with van der Waals surface area (Å²) in [6, 6.07) is 0. The highest BCUT2D eigenvalue weighted by Gasteiger charge is 2.36. The SMILES string of the molecule is Nc1snnc1CN1CCC2(CCCC2)CC1. The van der Waals surface area contributed by atoms with Gasteiger partial charge in [-0.05, 0) is 44.2 Å². The maximum absolute atomic E-state index is 5.84. The molecule has 0 aromatic carbocycles. The highest BCUT2D eigenvalue weighted by molar-refractivity contribution is 7.09. The Morgan fingerprint density at radius 3 is 2.47 bits per heavy atom. The van der Waals surface area contributed by atoms with Crippen LogP contribution in [0.2, 0.25) is 0 Å². The number of hydrogen-bond donors (Lipinski definition) is 1. The molecule has 1 aliphatic carbocycles. The molecule has 2 heterocycles. The molecule has 1 saturated carbocycles. The minimum atomic E-state index is 0.697. The van der Waals surface area contributed by atoms with Crippen LogP contribution in [0.3, 0.4) is 0 Å². The van der Waals surface area contributed by atoms with Gasteiger partial charge in [-0.2, -0.15) is 0 Å². The van der Waals surface area contributed by atoms with E-state index < -0.39 is 0 Å². The van der Waals surface area contributed by atoms with E-state index in [0.717, 1.165) is 17.2 Å². The summed E-state index contributed by atoms with van der Waals surface area (Å²) in [5, 5.41) is 4.88. The van der Waals surface area contributed by atoms with Gasteiger partial charge in [-0.1, -0.05) is 17.3 Å². The largest absolute Gasteiger partial charge is 0.388 e. The summed E-state index contributed by atoms with van der Waals surface area (Å²) in [5.74, 6) is 0. The Labute approximate surface area is 106 Å². The fourth-order valence-electron chi connectivity index (χ4n) is 3.35. The fourth-order valence-corrected chi connectivity index (χ4v) is 3.79. The van der Waals surface area contributed by atoms with Crippen LogP contribution < -0.4 is 5.73 Å². The Balaban J connectivity index is 1.56. The van der Waals surface area contributed by atoms with Crippen LogP contribution in [0.15, 0.2) is 0 Å². The van der Waals surface area contributed by atoms with Crippen LogP contribution >= 0.6 is 11.5 Å². The van der Waals surface area contributed by atoms with Crippen LogP contribution in [-0.4, -0.2) is 27.6 Å². The van der Waals surface area contributed by atoms with Crippen molar-refractivity contribution in [2.45, 2.75) is 45.1 Å². The van der Waals surface area contributed by atoms with Crippen molar-refractivity contribution in [1.29, 1.82) is 0 Å². The van der Waals surface area contributed by atoms with Crippen molar-refractivity contribution < 1.29 is 0 Å². The zero-order valence-electron chi connectivity index (χ0n) is 10.2. The summed E-state index contributed by atoms with van der Waals surface area (Å²) in [7, 11) is 0. The van der Waals surface area contributed by atoms with E-state index in [1.54, 1.807) is 0 Å². The van der Waals surface area contributed by atoms with Crippen LogP contribution in [0.4, 0.5) is 5.00 Å². The Morgan fingerprint density at radius 1 is 1.18 bits per heavy atom. The molecule has 2 N–H and O–H groups in total. The standard InChI is InChI=1S/C12H20N4S/c13-11-10(14-15-17-11)9-16-7-5-12(6-8-16)3-1-2-4-12/h1-9,13H2. The number of aromatic nitrogens is 2. The van der Waals surface area contributed by atoms with Gasteiger partial charge in [0.05, 0.1) is 0 Å². The molecule has 0 atom stereocenters. The van der Waals surface area contributed by atoms with E-state index in [2.05, 4.69) is 14.5 Å². The Bertz CT molecular complexity index is 374. The highest BCUT2D eigenvalue weighted by Crippen LogP contribution is 2.46. The molecule has 2 aliphatic rings. The van der Waals surface area contributed by atoms with Crippen molar-refractivity contribution in [3.05, 3.63) is 5.69 Å². The third kappa shape index (κ3) is 2.31. The first kappa shape index (κ1) is 11.4. The van der Waals surface area contributed by atoms with Crippen molar-refractivity contribution in [2.24, 2.45) is 5.41 Å². The molecule has 17 heavy (non-hydrogen) atoms. The maximum atomic E-state index is 5.84. The van der Waals surface area contributed by atoms with E-state index in [0.29, 0.717) is 5.41 Å². The van der Waals surface area contributed by atoms with Crippen molar-refractivity contribution in [3.8, 4) is 0 Å². The first-order chi connectivity index (χ1) is 8.27. The number of nitrogens with two attached hydrogens (primary N) is 1. The van der Waals surface area contributed by atoms with Gasteiger partial charge < -0.3 is 5.73 Å². The molecule has 5 heteroatoms. The van der Waals surface area contributed by atoms with Crippen LogP contribution in [-0.2, 0) is 6.54 Å². The molecule has 0 bridgehead atoms. The molecular formula is C12H20N4S. The molecule has 2 fully saturated rings. The predicted octanol–water partition coefficient (Wildman–Crippen LogP) is 2.28. The third-order valence-electron chi connectivity index (χ3n) is 4.54. The molecule has 3 rings (SSSR count). The zero-order chi connectivity index (χ0) is 11.7. The normalized spacial score (nSPS) is 24.5. The lowest BCUT2D eigenvalue weighted by molar-refractivity contribution is 0.103. The molecule has 4 nitrogen and oxygen atoms in total. The maximum Gasteiger partial charge on any atom is 0.132 e. The number of anilines is 1. The van der Waals surface area contributed by atoms with E-state index in [9.17, 15) is 0 Å². The van der Waals surface area contributed by atoms with E-state index in [-0.39, 0.29) is 0 Å². The average Bonchev–Trinajstić information content (AvgIpc) is 2.94. The Morgan fingerprint density at radius 2 is 1.88 bits per heavy atom. The molecule has 0 unspecified atom stereocenters. The molecule has 0 radical (unpaired) electrons. The van der Waals surface area contributed by atoms with E-state index in [1.807, 2.05) is 0 Å². The van der Waals surface area contributed by atoms with Crippen LogP contribution in [0, 0.1) is 5.41 Å². The lowest BCUT2D eigenvalue weighted by Crippen LogP contribution is -2.38. The van der Waals surface area contributed by atoms with E-state index >= 15 is 0 Å². The first-order valence-electron chi connectivity index (χ1n) is 6.57. The summed E-state index contributed by atoms with van der Waals surface area (Å²) >= 11 is 1.30. The second-order valence-electron chi connectivity index (χ2n) is 5.57. The van der Waals surface area contributed by atoms with Crippen LogP contribution in [0.1, 0.15) is 44.2 Å². The van der Waals surface area contributed by atoms with Gasteiger partial charge in [0.2, 0.25) is 0 Å². The lowest BCUT2D eigenvalue weighted by Gasteiger charge is -2.39. The molecular weight excluding hydrogens is 232 g/mol. The third-order valence-corrected chi connectivity index (χ3v) is 5.14. The summed E-state index contributed by atoms with van der Waals surface area (Å²) in [6.45, 7) is 3.30. The van der Waals surface area contributed by atoms with Gasteiger partial charge >= 0.3 is 0 Å². The Hall–Kier alpha value is -0.680. The zero-order valence-corrected chi connectivity index (χ0v) is 11.0. The fraction of sp³-hybridized carbons (Fsp3) is 0.833. The number of nitrogens with zero attached hydrogens (tertiary/aromatic N) is 3. The van der Waals surface area contributed by atoms with Gasteiger partial charge in [0.1, 0.15) is 10.7 Å². The topological polar surface area (TPSA) is 55.0 Å². The smallest absolute Gasteiger partial charge is 0.132 e. The minimum absolute atomic E-state index is 0.697. The lowest BCUT2D eigenvalue weighted by atomic mass is 9.77. The molecule has 94 valence electrons. The van der Waals surface area contributed by atoms with Crippen molar-refractivity contribution >= 4 is 16.5 Å².